The van der Waals surface area contributed by atoms with Crippen molar-refractivity contribution in [2.75, 3.05) is 0 Å². The molecule has 0 aliphatic carbocycles. The van der Waals surface area contributed by atoms with E-state index in [1.54, 1.807) is 11.0 Å². The number of rotatable bonds is 10. The predicted octanol–water partition coefficient (Wildman–Crippen LogP) is 8.63. The lowest BCUT2D eigenvalue weighted by atomic mass is 9.77. The molecule has 6 aromatic rings. The van der Waals surface area contributed by atoms with E-state index in [0.29, 0.717) is 5.82 Å². The number of aromatic nitrogens is 4. The summed E-state index contributed by atoms with van der Waals surface area (Å²) in [6.45, 7) is 9.54. The van der Waals surface area contributed by atoms with Crippen LogP contribution in [0, 0.1) is 5.92 Å². The molecule has 0 amide bonds. The molecule has 7 nitrogen and oxygen atoms in total. The number of benzene rings is 5. The van der Waals surface area contributed by atoms with Crippen molar-refractivity contribution in [1.29, 1.82) is 0 Å². The lowest BCUT2D eigenvalue weighted by molar-refractivity contribution is -0.157. The molecule has 5 aromatic carbocycles. The summed E-state index contributed by atoms with van der Waals surface area (Å²) in [6, 6.07) is 46.5. The van der Waals surface area contributed by atoms with E-state index in [0.717, 1.165) is 38.9 Å². The molecule has 0 aliphatic heterocycles. The molecular weight excluding hydrogens is 606 g/mol. The minimum Gasteiger partial charge on any atom is -0.458 e. The Hall–Kier alpha value is -5.69. The quantitative estimate of drug-likeness (QED) is 0.0845. The Labute approximate surface area is 288 Å². The number of nitrogens with zero attached hydrogens (tertiary/aromatic N) is 5. The van der Waals surface area contributed by atoms with Gasteiger partial charge < -0.3 is 4.74 Å². The second-order valence-electron chi connectivity index (χ2n) is 13.4. The molecule has 0 saturated heterocycles. The highest BCUT2D eigenvalue weighted by atomic mass is 16.6. The molecule has 0 unspecified atom stereocenters. The van der Waals surface area contributed by atoms with Gasteiger partial charge >= 0.3 is 5.97 Å². The monoisotopic (exact) mass is 647 g/mol. The van der Waals surface area contributed by atoms with Gasteiger partial charge in [-0.15, -0.1) is 15.0 Å². The molecule has 1 atom stereocenters. The van der Waals surface area contributed by atoms with Crippen molar-refractivity contribution in [1.82, 2.24) is 20.2 Å². The lowest BCUT2D eigenvalue weighted by Gasteiger charge is -2.34. The van der Waals surface area contributed by atoms with E-state index in [1.807, 2.05) is 132 Å². The maximum atomic E-state index is 12.8. The van der Waals surface area contributed by atoms with Crippen molar-refractivity contribution in [3.63, 3.8) is 0 Å². The van der Waals surface area contributed by atoms with Crippen molar-refractivity contribution >= 4 is 12.2 Å². The highest BCUT2D eigenvalue weighted by molar-refractivity contribution is 5.86. The number of aliphatic imine (C=N–C) groups is 1. The third-order valence-corrected chi connectivity index (χ3v) is 8.34. The van der Waals surface area contributed by atoms with Crippen LogP contribution in [0.1, 0.15) is 56.9 Å². The van der Waals surface area contributed by atoms with Crippen molar-refractivity contribution in [2.45, 2.75) is 51.8 Å². The number of carbonyl (C=O) groups excluding carboxylic acids is 1. The Morgan fingerprint density at radius 1 is 0.694 bits per heavy atom. The van der Waals surface area contributed by atoms with Gasteiger partial charge in [-0.1, -0.05) is 153 Å². The van der Waals surface area contributed by atoms with E-state index in [-0.39, 0.29) is 11.9 Å². The van der Waals surface area contributed by atoms with Gasteiger partial charge in [0.15, 0.2) is 5.54 Å². The van der Waals surface area contributed by atoms with E-state index < -0.39 is 17.2 Å². The highest BCUT2D eigenvalue weighted by Gasteiger charge is 2.41. The summed E-state index contributed by atoms with van der Waals surface area (Å²) in [5.41, 5.74) is 5.36. The van der Waals surface area contributed by atoms with Crippen molar-refractivity contribution in [3.05, 3.63) is 162 Å². The first-order chi connectivity index (χ1) is 23.7. The highest BCUT2D eigenvalue weighted by Crippen LogP contribution is 2.40. The van der Waals surface area contributed by atoms with Crippen LogP contribution in [-0.2, 0) is 15.1 Å². The zero-order valence-electron chi connectivity index (χ0n) is 28.6. The average molecular weight is 648 g/mol. The Kier molecular flexibility index (Phi) is 9.63. The van der Waals surface area contributed by atoms with Crippen LogP contribution in [0.3, 0.4) is 0 Å². The van der Waals surface area contributed by atoms with Crippen LogP contribution < -0.4 is 0 Å². The summed E-state index contributed by atoms with van der Waals surface area (Å²) in [7, 11) is 0. The molecule has 0 fully saturated rings. The van der Waals surface area contributed by atoms with Gasteiger partial charge in [-0.2, -0.15) is 0 Å². The van der Waals surface area contributed by atoms with E-state index >= 15 is 0 Å². The van der Waals surface area contributed by atoms with E-state index in [4.69, 9.17) is 15.0 Å². The first-order valence-corrected chi connectivity index (χ1v) is 16.6. The molecule has 6 rings (SSSR count). The Bertz CT molecular complexity index is 1920. The largest absolute Gasteiger partial charge is 0.458 e. The van der Waals surface area contributed by atoms with Crippen LogP contribution in [0.4, 0.5) is 0 Å². The van der Waals surface area contributed by atoms with Gasteiger partial charge in [0.2, 0.25) is 5.82 Å². The van der Waals surface area contributed by atoms with Crippen LogP contribution >= 0.6 is 0 Å². The molecule has 0 bridgehead atoms. The zero-order chi connectivity index (χ0) is 34.4. The molecule has 246 valence electrons. The number of ether oxygens (including phenoxy) is 1. The summed E-state index contributed by atoms with van der Waals surface area (Å²) in [5.74, 6) is 0.203. The van der Waals surface area contributed by atoms with E-state index in [1.165, 1.54) is 0 Å². The first-order valence-electron chi connectivity index (χ1n) is 16.6. The summed E-state index contributed by atoms with van der Waals surface area (Å²) < 4.78 is 5.61. The Balaban J connectivity index is 1.37. The van der Waals surface area contributed by atoms with Crippen LogP contribution in [0.5, 0.6) is 0 Å². The average Bonchev–Trinajstić information content (AvgIpc) is 3.60. The molecule has 0 radical (unpaired) electrons. The molecule has 0 spiro atoms. The van der Waals surface area contributed by atoms with Gasteiger partial charge in [0.1, 0.15) is 11.6 Å². The second-order valence-corrected chi connectivity index (χ2v) is 13.4. The molecule has 0 N–H and O–H groups in total. The smallest absolute Gasteiger partial charge is 0.331 e. The second kappa shape index (κ2) is 14.2. The Morgan fingerprint density at radius 2 is 1.18 bits per heavy atom. The van der Waals surface area contributed by atoms with E-state index in [9.17, 15) is 4.79 Å². The van der Waals surface area contributed by atoms with E-state index in [2.05, 4.69) is 52.6 Å². The molecule has 0 aliphatic rings. The van der Waals surface area contributed by atoms with Gasteiger partial charge in [0.25, 0.3) is 0 Å². The molecule has 1 heterocycles. The minimum atomic E-state index is -0.863. The SMILES string of the molecule is CC(C)[C@H](N=Cc1ccc(-c2ccccc2-c2nnn(C(c3ccccc3)(c3ccccc3)c3ccccc3)n2)cc1)C(=O)OC(C)(C)C. The third-order valence-electron chi connectivity index (χ3n) is 8.34. The van der Waals surface area contributed by atoms with Crippen LogP contribution in [0.2, 0.25) is 0 Å². The molecular formula is C42H41N5O2. The maximum Gasteiger partial charge on any atom is 0.331 e. The normalized spacial score (nSPS) is 12.7. The van der Waals surface area contributed by atoms with Crippen molar-refractivity contribution in [2.24, 2.45) is 10.9 Å². The predicted molar refractivity (Wildman–Crippen MR) is 195 cm³/mol. The molecule has 49 heavy (non-hydrogen) atoms. The molecule has 1 aromatic heterocycles. The van der Waals surface area contributed by atoms with Gasteiger partial charge in [-0.3, -0.25) is 4.99 Å². The van der Waals surface area contributed by atoms with Crippen molar-refractivity contribution < 1.29 is 9.53 Å². The molecule has 7 heteroatoms. The standard InChI is InChI=1S/C42H41N5O2/c1-30(2)38(40(48)49-41(3,4)5)43-29-31-25-27-32(28-26-31)36-23-15-16-24-37(36)39-44-46-47(45-39)42(33-17-9-6-10-18-33,34-19-11-7-12-20-34)35-21-13-8-14-22-35/h6-30,38H,1-5H3/t38-/m0/s1. The van der Waals surface area contributed by atoms with Crippen LogP contribution in [-0.4, -0.2) is 44.0 Å². The fourth-order valence-corrected chi connectivity index (χ4v) is 6.06. The summed E-state index contributed by atoms with van der Waals surface area (Å²) >= 11 is 0. The molecule has 0 saturated carbocycles. The fourth-order valence-electron chi connectivity index (χ4n) is 6.06. The van der Waals surface area contributed by atoms with Crippen LogP contribution in [0.25, 0.3) is 22.5 Å². The number of hydrogen-bond donors (Lipinski definition) is 0. The van der Waals surface area contributed by atoms with Gasteiger partial charge in [-0.25, -0.2) is 4.79 Å². The van der Waals surface area contributed by atoms with Gasteiger partial charge in [0, 0.05) is 11.8 Å². The van der Waals surface area contributed by atoms with Gasteiger partial charge in [-0.05, 0) is 65.3 Å². The van der Waals surface area contributed by atoms with Crippen LogP contribution in [0.15, 0.2) is 145 Å². The summed E-state index contributed by atoms with van der Waals surface area (Å²) in [4.78, 5) is 19.1. The zero-order valence-corrected chi connectivity index (χ0v) is 28.6. The minimum absolute atomic E-state index is 0.00238. The number of hydrogen-bond acceptors (Lipinski definition) is 6. The number of tetrazole rings is 1. The summed E-state index contributed by atoms with van der Waals surface area (Å²) in [5, 5.41) is 14.5. The third kappa shape index (κ3) is 7.11. The summed E-state index contributed by atoms with van der Waals surface area (Å²) in [6.07, 6.45) is 1.74. The lowest BCUT2D eigenvalue weighted by Crippen LogP contribution is -2.39. The topological polar surface area (TPSA) is 82.3 Å². The maximum absolute atomic E-state index is 12.8. The Morgan fingerprint density at radius 3 is 1.67 bits per heavy atom. The fraction of sp³-hybridized carbons (Fsp3) is 0.214. The number of esters is 1. The first kappa shape index (κ1) is 33.2. The number of carbonyl (C=O) groups is 1. The van der Waals surface area contributed by atoms with Gasteiger partial charge in [0.05, 0.1) is 0 Å². The van der Waals surface area contributed by atoms with Crippen molar-refractivity contribution in [3.8, 4) is 22.5 Å².